The first-order valence-electron chi connectivity index (χ1n) is 4.18. The third-order valence-corrected chi connectivity index (χ3v) is 2.74. The van der Waals surface area contributed by atoms with Crippen molar-refractivity contribution in [3.8, 4) is 0 Å². The van der Waals surface area contributed by atoms with Crippen LogP contribution in [0.1, 0.15) is 11.6 Å². The predicted octanol–water partition coefficient (Wildman–Crippen LogP) is 1.12. The SMILES string of the molecule is O=CC1(C=O)NC1c1ccccc1Cl. The molecule has 1 aliphatic heterocycles. The van der Waals surface area contributed by atoms with Crippen molar-refractivity contribution in [3.63, 3.8) is 0 Å². The van der Waals surface area contributed by atoms with E-state index in [2.05, 4.69) is 5.32 Å². The fourth-order valence-corrected chi connectivity index (χ4v) is 1.73. The van der Waals surface area contributed by atoms with E-state index in [0.29, 0.717) is 17.6 Å². The highest BCUT2D eigenvalue weighted by Gasteiger charge is 2.55. The van der Waals surface area contributed by atoms with Crippen LogP contribution in [0.15, 0.2) is 24.3 Å². The predicted molar refractivity (Wildman–Crippen MR) is 52.2 cm³/mol. The van der Waals surface area contributed by atoms with E-state index in [0.717, 1.165) is 5.56 Å². The van der Waals surface area contributed by atoms with Crippen LogP contribution in [0.2, 0.25) is 5.02 Å². The molecule has 14 heavy (non-hydrogen) atoms. The molecule has 72 valence electrons. The van der Waals surface area contributed by atoms with Gasteiger partial charge in [-0.1, -0.05) is 29.8 Å². The van der Waals surface area contributed by atoms with Crippen LogP contribution in [0.25, 0.3) is 0 Å². The van der Waals surface area contributed by atoms with E-state index in [1.165, 1.54) is 0 Å². The summed E-state index contributed by atoms with van der Waals surface area (Å²) in [6, 6.07) is 6.89. The van der Waals surface area contributed by atoms with Crippen LogP contribution in [0, 0.1) is 0 Å². The maximum atomic E-state index is 10.7. The molecule has 0 bridgehead atoms. The van der Waals surface area contributed by atoms with Gasteiger partial charge in [0.05, 0.1) is 6.04 Å². The van der Waals surface area contributed by atoms with Gasteiger partial charge in [0.2, 0.25) is 0 Å². The van der Waals surface area contributed by atoms with Crippen molar-refractivity contribution in [1.82, 2.24) is 5.32 Å². The van der Waals surface area contributed by atoms with E-state index in [1.54, 1.807) is 18.2 Å². The Balaban J connectivity index is 2.32. The maximum absolute atomic E-state index is 10.7. The number of benzene rings is 1. The lowest BCUT2D eigenvalue weighted by Gasteiger charge is -2.01. The second-order valence-electron chi connectivity index (χ2n) is 3.27. The Labute approximate surface area is 86.1 Å². The zero-order valence-corrected chi connectivity index (χ0v) is 7.99. The molecular formula is C10H8ClNO2. The third kappa shape index (κ3) is 1.25. The smallest absolute Gasteiger partial charge is 0.151 e. The molecular weight excluding hydrogens is 202 g/mol. The van der Waals surface area contributed by atoms with E-state index >= 15 is 0 Å². The number of hydrogen-bond donors (Lipinski definition) is 1. The zero-order valence-electron chi connectivity index (χ0n) is 7.24. The van der Waals surface area contributed by atoms with Crippen molar-refractivity contribution in [3.05, 3.63) is 34.9 Å². The minimum absolute atomic E-state index is 0.272. The van der Waals surface area contributed by atoms with Crippen LogP contribution in [-0.4, -0.2) is 18.1 Å². The van der Waals surface area contributed by atoms with Gasteiger partial charge in [-0.15, -0.1) is 0 Å². The first-order chi connectivity index (χ1) is 6.73. The largest absolute Gasteiger partial charge is 0.301 e. The highest BCUT2D eigenvalue weighted by atomic mass is 35.5. The van der Waals surface area contributed by atoms with Gasteiger partial charge >= 0.3 is 0 Å². The molecule has 0 radical (unpaired) electrons. The molecule has 1 unspecified atom stereocenters. The monoisotopic (exact) mass is 209 g/mol. The van der Waals surface area contributed by atoms with Crippen molar-refractivity contribution < 1.29 is 9.59 Å². The molecule has 3 nitrogen and oxygen atoms in total. The second kappa shape index (κ2) is 3.19. The molecule has 0 amide bonds. The summed E-state index contributed by atoms with van der Waals surface area (Å²) < 4.78 is 0. The number of halogens is 1. The van der Waals surface area contributed by atoms with Crippen molar-refractivity contribution in [2.45, 2.75) is 11.6 Å². The van der Waals surface area contributed by atoms with E-state index in [9.17, 15) is 9.59 Å². The van der Waals surface area contributed by atoms with Gasteiger partial charge in [0.25, 0.3) is 0 Å². The highest BCUT2D eigenvalue weighted by molar-refractivity contribution is 6.31. The quantitative estimate of drug-likeness (QED) is 0.461. The Morgan fingerprint density at radius 3 is 2.43 bits per heavy atom. The Bertz CT molecular complexity index is 383. The average molecular weight is 210 g/mol. The molecule has 1 aliphatic rings. The lowest BCUT2D eigenvalue weighted by Crippen LogP contribution is -2.19. The van der Waals surface area contributed by atoms with Crippen molar-refractivity contribution in [2.24, 2.45) is 0 Å². The summed E-state index contributed by atoms with van der Waals surface area (Å²) >= 11 is 5.93. The van der Waals surface area contributed by atoms with Gasteiger partial charge in [-0.3, -0.25) is 5.32 Å². The lowest BCUT2D eigenvalue weighted by molar-refractivity contribution is -0.117. The molecule has 0 aliphatic carbocycles. The van der Waals surface area contributed by atoms with Crippen LogP contribution >= 0.6 is 11.6 Å². The Morgan fingerprint density at radius 2 is 1.93 bits per heavy atom. The third-order valence-electron chi connectivity index (χ3n) is 2.39. The van der Waals surface area contributed by atoms with Crippen LogP contribution in [0.3, 0.4) is 0 Å². The Kier molecular flexibility index (Phi) is 2.13. The minimum Gasteiger partial charge on any atom is -0.301 e. The van der Waals surface area contributed by atoms with Crippen LogP contribution in [0.4, 0.5) is 0 Å². The molecule has 0 spiro atoms. The van der Waals surface area contributed by atoms with Gasteiger partial charge in [0.15, 0.2) is 5.54 Å². The summed E-state index contributed by atoms with van der Waals surface area (Å²) in [5.41, 5.74) is -0.265. The fraction of sp³-hybridized carbons (Fsp3) is 0.200. The van der Waals surface area contributed by atoms with Gasteiger partial charge in [-0.25, -0.2) is 0 Å². The summed E-state index contributed by atoms with van der Waals surface area (Å²) in [4.78, 5) is 21.4. The molecule has 1 fully saturated rings. The van der Waals surface area contributed by atoms with E-state index in [-0.39, 0.29) is 6.04 Å². The van der Waals surface area contributed by atoms with Gasteiger partial charge in [0.1, 0.15) is 12.6 Å². The molecule has 1 N–H and O–H groups in total. The zero-order chi connectivity index (χ0) is 10.2. The molecule has 1 heterocycles. The van der Waals surface area contributed by atoms with Crippen LogP contribution in [0.5, 0.6) is 0 Å². The molecule has 0 aromatic heterocycles. The fourth-order valence-electron chi connectivity index (χ4n) is 1.48. The normalized spacial score (nSPS) is 22.8. The summed E-state index contributed by atoms with van der Waals surface area (Å²) in [7, 11) is 0. The molecule has 1 aromatic rings. The number of nitrogens with one attached hydrogen (secondary N) is 1. The van der Waals surface area contributed by atoms with Gasteiger partial charge in [0, 0.05) is 5.02 Å². The molecule has 0 saturated carbocycles. The summed E-state index contributed by atoms with van der Waals surface area (Å²) in [6.07, 6.45) is 1.24. The lowest BCUT2D eigenvalue weighted by atomic mass is 10.0. The van der Waals surface area contributed by atoms with Gasteiger partial charge < -0.3 is 9.59 Å². The summed E-state index contributed by atoms with van der Waals surface area (Å²) in [5.74, 6) is 0. The first-order valence-corrected chi connectivity index (χ1v) is 4.56. The molecule has 1 saturated heterocycles. The van der Waals surface area contributed by atoms with E-state index < -0.39 is 5.54 Å². The van der Waals surface area contributed by atoms with Crippen molar-refractivity contribution >= 4 is 24.2 Å². The molecule has 1 aromatic carbocycles. The maximum Gasteiger partial charge on any atom is 0.151 e. The number of rotatable bonds is 3. The number of carbonyl (C=O) groups is 2. The minimum atomic E-state index is -1.05. The average Bonchev–Trinajstić information content (AvgIpc) is 2.94. The Hall–Kier alpha value is -1.19. The summed E-state index contributed by atoms with van der Waals surface area (Å²) in [6.45, 7) is 0. The summed E-state index contributed by atoms with van der Waals surface area (Å²) in [5, 5.41) is 3.38. The Morgan fingerprint density at radius 1 is 1.29 bits per heavy atom. The van der Waals surface area contributed by atoms with Gasteiger partial charge in [-0.05, 0) is 11.6 Å². The topological polar surface area (TPSA) is 56.1 Å². The van der Waals surface area contributed by atoms with Crippen molar-refractivity contribution in [1.29, 1.82) is 0 Å². The first kappa shape index (κ1) is 9.37. The second-order valence-corrected chi connectivity index (χ2v) is 3.67. The standard InChI is InChI=1S/C10H8ClNO2/c11-8-4-2-1-3-7(8)9-10(5-13,6-14)12-9/h1-6,9,12H. The number of carbonyl (C=O) groups excluding carboxylic acids is 2. The molecule has 1 atom stereocenters. The molecule has 2 rings (SSSR count). The van der Waals surface area contributed by atoms with E-state index in [1.807, 2.05) is 6.07 Å². The van der Waals surface area contributed by atoms with E-state index in [4.69, 9.17) is 11.6 Å². The van der Waals surface area contributed by atoms with Crippen LogP contribution in [-0.2, 0) is 9.59 Å². The number of aldehydes is 2. The van der Waals surface area contributed by atoms with Crippen molar-refractivity contribution in [2.75, 3.05) is 0 Å². The van der Waals surface area contributed by atoms with Crippen LogP contribution < -0.4 is 5.32 Å². The highest BCUT2D eigenvalue weighted by Crippen LogP contribution is 2.40. The molecule has 4 heteroatoms. The van der Waals surface area contributed by atoms with Gasteiger partial charge in [-0.2, -0.15) is 0 Å². The number of hydrogen-bond acceptors (Lipinski definition) is 3.